The van der Waals surface area contributed by atoms with Gasteiger partial charge in [0.1, 0.15) is 12.0 Å². The number of hydrogen-bond donors (Lipinski definition) is 2. The topological polar surface area (TPSA) is 80.5 Å². The van der Waals surface area contributed by atoms with Gasteiger partial charge in [0, 0.05) is 29.5 Å². The van der Waals surface area contributed by atoms with Crippen molar-refractivity contribution in [2.45, 2.75) is 0 Å². The lowest BCUT2D eigenvalue weighted by molar-refractivity contribution is 1.17. The van der Waals surface area contributed by atoms with Gasteiger partial charge < -0.3 is 10.7 Å². The van der Waals surface area contributed by atoms with Crippen molar-refractivity contribution in [1.82, 2.24) is 19.9 Å². The molecule has 0 bridgehead atoms. The van der Waals surface area contributed by atoms with Crippen LogP contribution in [0.4, 0.5) is 5.69 Å². The molecule has 3 heterocycles. The van der Waals surface area contributed by atoms with E-state index in [-0.39, 0.29) is 0 Å². The molecule has 5 heteroatoms. The molecular weight excluding hydrogens is 202 g/mol. The molecule has 0 saturated heterocycles. The van der Waals surface area contributed by atoms with Gasteiger partial charge in [-0.2, -0.15) is 0 Å². The van der Waals surface area contributed by atoms with Crippen LogP contribution in [0.25, 0.3) is 22.3 Å². The minimum absolute atomic E-state index is 0.685. The minimum Gasteiger partial charge on any atom is -0.398 e. The number of nitrogen functional groups attached to an aromatic ring is 1. The Morgan fingerprint density at radius 1 is 1.19 bits per heavy atom. The van der Waals surface area contributed by atoms with Crippen LogP contribution in [-0.2, 0) is 0 Å². The van der Waals surface area contributed by atoms with Crippen molar-refractivity contribution in [3.05, 3.63) is 37.1 Å². The fourth-order valence-corrected chi connectivity index (χ4v) is 1.68. The SMILES string of the molecule is Nc1c(-c2ccncn2)cnc2[nH]ccc12. The van der Waals surface area contributed by atoms with E-state index in [1.165, 1.54) is 6.33 Å². The summed E-state index contributed by atoms with van der Waals surface area (Å²) in [6.07, 6.45) is 6.72. The Kier molecular flexibility index (Phi) is 1.83. The van der Waals surface area contributed by atoms with Crippen LogP contribution in [0, 0.1) is 0 Å². The first kappa shape index (κ1) is 8.84. The molecule has 0 aromatic carbocycles. The van der Waals surface area contributed by atoms with Crippen LogP contribution in [0.5, 0.6) is 0 Å². The van der Waals surface area contributed by atoms with Crippen molar-refractivity contribution >= 4 is 16.7 Å². The molecule has 3 aromatic heterocycles. The maximum absolute atomic E-state index is 6.08. The highest BCUT2D eigenvalue weighted by Gasteiger charge is 2.08. The fourth-order valence-electron chi connectivity index (χ4n) is 1.68. The first-order valence-corrected chi connectivity index (χ1v) is 4.84. The van der Waals surface area contributed by atoms with Gasteiger partial charge >= 0.3 is 0 Å². The lowest BCUT2D eigenvalue weighted by Crippen LogP contribution is -1.94. The van der Waals surface area contributed by atoms with Crippen molar-refractivity contribution in [3.63, 3.8) is 0 Å². The average Bonchev–Trinajstić information content (AvgIpc) is 2.80. The summed E-state index contributed by atoms with van der Waals surface area (Å²) in [4.78, 5) is 15.3. The Balaban J connectivity index is 2.28. The minimum atomic E-state index is 0.685. The summed E-state index contributed by atoms with van der Waals surface area (Å²) in [7, 11) is 0. The molecule has 0 aliphatic rings. The summed E-state index contributed by atoms with van der Waals surface area (Å²) in [6.45, 7) is 0. The lowest BCUT2D eigenvalue weighted by Gasteiger charge is -2.04. The summed E-state index contributed by atoms with van der Waals surface area (Å²) >= 11 is 0. The van der Waals surface area contributed by atoms with Crippen molar-refractivity contribution in [3.8, 4) is 11.3 Å². The number of fused-ring (bicyclic) bond motifs is 1. The maximum atomic E-state index is 6.08. The summed E-state index contributed by atoms with van der Waals surface area (Å²) in [5.41, 5.74) is 9.16. The van der Waals surface area contributed by atoms with Gasteiger partial charge in [-0.05, 0) is 12.1 Å². The molecule has 16 heavy (non-hydrogen) atoms. The van der Waals surface area contributed by atoms with Crippen LogP contribution in [0.2, 0.25) is 0 Å². The molecule has 0 aliphatic carbocycles. The average molecular weight is 211 g/mol. The van der Waals surface area contributed by atoms with E-state index < -0.39 is 0 Å². The summed E-state index contributed by atoms with van der Waals surface area (Å²) < 4.78 is 0. The van der Waals surface area contributed by atoms with E-state index in [0.717, 1.165) is 22.3 Å². The number of nitrogens with one attached hydrogen (secondary N) is 1. The predicted octanol–water partition coefficient (Wildman–Crippen LogP) is 1.60. The molecule has 0 spiro atoms. The largest absolute Gasteiger partial charge is 0.398 e. The van der Waals surface area contributed by atoms with Gasteiger partial charge in [-0.25, -0.2) is 15.0 Å². The van der Waals surface area contributed by atoms with Crippen LogP contribution in [0.15, 0.2) is 37.1 Å². The Labute approximate surface area is 91.4 Å². The molecule has 78 valence electrons. The molecule has 0 amide bonds. The number of anilines is 1. The van der Waals surface area contributed by atoms with Crippen LogP contribution in [0.1, 0.15) is 0 Å². The first-order valence-electron chi connectivity index (χ1n) is 4.84. The van der Waals surface area contributed by atoms with Gasteiger partial charge in [-0.1, -0.05) is 0 Å². The Morgan fingerprint density at radius 2 is 2.12 bits per heavy atom. The van der Waals surface area contributed by atoms with Crippen LogP contribution in [-0.4, -0.2) is 19.9 Å². The zero-order valence-electron chi connectivity index (χ0n) is 8.38. The lowest BCUT2D eigenvalue weighted by atomic mass is 10.1. The quantitative estimate of drug-likeness (QED) is 0.640. The highest BCUT2D eigenvalue weighted by atomic mass is 14.9. The van der Waals surface area contributed by atoms with Gasteiger partial charge in [-0.15, -0.1) is 0 Å². The normalized spacial score (nSPS) is 10.8. The van der Waals surface area contributed by atoms with Gasteiger partial charge in [0.15, 0.2) is 0 Å². The van der Waals surface area contributed by atoms with Crippen LogP contribution in [0.3, 0.4) is 0 Å². The Hall–Kier alpha value is -2.43. The third-order valence-corrected chi connectivity index (χ3v) is 2.49. The van der Waals surface area contributed by atoms with Crippen molar-refractivity contribution in [2.24, 2.45) is 0 Å². The first-order chi connectivity index (χ1) is 7.86. The van der Waals surface area contributed by atoms with E-state index in [0.29, 0.717) is 5.69 Å². The molecule has 3 N–H and O–H groups in total. The predicted molar refractivity (Wildman–Crippen MR) is 61.5 cm³/mol. The fraction of sp³-hybridized carbons (Fsp3) is 0. The highest BCUT2D eigenvalue weighted by Crippen LogP contribution is 2.28. The van der Waals surface area contributed by atoms with E-state index in [2.05, 4.69) is 19.9 Å². The van der Waals surface area contributed by atoms with Crippen LogP contribution >= 0.6 is 0 Å². The molecule has 0 unspecified atom stereocenters. The number of H-pyrrole nitrogens is 1. The van der Waals surface area contributed by atoms with E-state index in [1.54, 1.807) is 12.4 Å². The second-order valence-electron chi connectivity index (χ2n) is 3.42. The number of nitrogens with zero attached hydrogens (tertiary/aromatic N) is 3. The number of aromatic nitrogens is 4. The molecule has 0 radical (unpaired) electrons. The zero-order valence-corrected chi connectivity index (χ0v) is 8.38. The monoisotopic (exact) mass is 211 g/mol. The standard InChI is InChI=1S/C11H9N5/c12-10-7-1-4-14-11(7)15-5-8(10)9-2-3-13-6-16-9/h1-6H,(H3,12,14,15). The van der Waals surface area contributed by atoms with Crippen molar-refractivity contribution < 1.29 is 0 Å². The smallest absolute Gasteiger partial charge is 0.139 e. The van der Waals surface area contributed by atoms with E-state index in [9.17, 15) is 0 Å². The molecule has 0 atom stereocenters. The number of aromatic amines is 1. The number of pyridine rings is 1. The van der Waals surface area contributed by atoms with E-state index in [1.807, 2.05) is 18.3 Å². The molecule has 0 saturated carbocycles. The third-order valence-electron chi connectivity index (χ3n) is 2.49. The Morgan fingerprint density at radius 3 is 2.94 bits per heavy atom. The number of nitrogens with two attached hydrogens (primary N) is 1. The summed E-state index contributed by atoms with van der Waals surface area (Å²) in [6, 6.07) is 3.72. The van der Waals surface area contributed by atoms with Gasteiger partial charge in [0.05, 0.1) is 11.4 Å². The summed E-state index contributed by atoms with van der Waals surface area (Å²) in [5, 5.41) is 0.913. The van der Waals surface area contributed by atoms with Crippen LogP contribution < -0.4 is 5.73 Å². The highest BCUT2D eigenvalue weighted by molar-refractivity contribution is 5.95. The number of hydrogen-bond acceptors (Lipinski definition) is 4. The molecule has 3 aromatic rings. The maximum Gasteiger partial charge on any atom is 0.139 e. The van der Waals surface area contributed by atoms with Gasteiger partial charge in [0.2, 0.25) is 0 Å². The van der Waals surface area contributed by atoms with Gasteiger partial charge in [-0.3, -0.25) is 0 Å². The van der Waals surface area contributed by atoms with Crippen molar-refractivity contribution in [1.29, 1.82) is 0 Å². The second-order valence-corrected chi connectivity index (χ2v) is 3.42. The molecular formula is C11H9N5. The van der Waals surface area contributed by atoms with Gasteiger partial charge in [0.25, 0.3) is 0 Å². The zero-order chi connectivity index (χ0) is 11.0. The number of rotatable bonds is 1. The third kappa shape index (κ3) is 1.22. The molecule has 5 nitrogen and oxygen atoms in total. The van der Waals surface area contributed by atoms with E-state index in [4.69, 9.17) is 5.73 Å². The molecule has 0 fully saturated rings. The van der Waals surface area contributed by atoms with Crippen molar-refractivity contribution in [2.75, 3.05) is 5.73 Å². The molecule has 3 rings (SSSR count). The Bertz CT molecular complexity index is 629. The van der Waals surface area contributed by atoms with E-state index >= 15 is 0 Å². The summed E-state index contributed by atoms with van der Waals surface area (Å²) in [5.74, 6) is 0. The second kappa shape index (κ2) is 3.30. The molecule has 0 aliphatic heterocycles.